The first kappa shape index (κ1) is 19.2. The van der Waals surface area contributed by atoms with Crippen molar-refractivity contribution in [1.82, 2.24) is 0 Å². The van der Waals surface area contributed by atoms with E-state index in [1.54, 1.807) is 0 Å². The van der Waals surface area contributed by atoms with Crippen LogP contribution in [0.5, 0.6) is 11.5 Å². The van der Waals surface area contributed by atoms with Gasteiger partial charge in [0.2, 0.25) is 0 Å². The topological polar surface area (TPSA) is 18.5 Å². The van der Waals surface area contributed by atoms with Gasteiger partial charge in [-0.1, -0.05) is 0 Å². The SMILES string of the molecule is Brc1cccc([O][Zr]([O]c2cccc(Br)c2)([CH]2C=CC=C2)[CH]2C=CC=C2)c1. The molecule has 0 saturated heterocycles. The molecule has 0 bridgehead atoms. The van der Waals surface area contributed by atoms with Gasteiger partial charge in [-0.25, -0.2) is 0 Å². The second-order valence-corrected chi connectivity index (χ2v) is 16.1. The van der Waals surface area contributed by atoms with Crippen LogP contribution < -0.4 is 5.63 Å². The van der Waals surface area contributed by atoms with Crippen LogP contribution in [0.3, 0.4) is 0 Å². The molecule has 0 atom stereocenters. The van der Waals surface area contributed by atoms with Crippen LogP contribution in [0.15, 0.2) is 106 Å². The van der Waals surface area contributed by atoms with Crippen LogP contribution in [-0.4, -0.2) is 0 Å². The standard InChI is InChI=1S/2C6H5BrO.2C5H5.Zr/c2*7-5-2-1-3-6(8)4-5;2*1-2-4-5-3-1;/h2*1-4,8H;2*1-5H;/q;;;;+2/p-2. The average Bonchev–Trinajstić information content (AvgIpc) is 3.36. The molecule has 0 saturated carbocycles. The van der Waals surface area contributed by atoms with Crippen LogP contribution in [-0.2, 0) is 21.1 Å². The zero-order chi connectivity index (χ0) is 18.7. The molecule has 0 N–H and O–H groups in total. The molecule has 2 aromatic rings. The molecule has 136 valence electrons. The third-order valence-electron chi connectivity index (χ3n) is 4.57. The Bertz CT molecular complexity index is 847. The summed E-state index contributed by atoms with van der Waals surface area (Å²) in [6.45, 7) is 0. The molecule has 0 fully saturated rings. The Morgan fingerprint density at radius 2 is 1.04 bits per heavy atom. The average molecular weight is 565 g/mol. The number of hydrogen-bond acceptors (Lipinski definition) is 2. The third-order valence-corrected chi connectivity index (χ3v) is 14.7. The molecule has 27 heavy (non-hydrogen) atoms. The van der Waals surface area contributed by atoms with E-state index in [1.807, 2.05) is 48.5 Å². The molecule has 0 aromatic heterocycles. The fourth-order valence-corrected chi connectivity index (χ4v) is 12.8. The normalized spacial score (nSPS) is 16.4. The first-order chi connectivity index (χ1) is 13.2. The summed E-state index contributed by atoms with van der Waals surface area (Å²) in [4.78, 5) is 0. The van der Waals surface area contributed by atoms with E-state index in [0.29, 0.717) is 0 Å². The van der Waals surface area contributed by atoms with Crippen LogP contribution in [0.2, 0.25) is 7.25 Å². The van der Waals surface area contributed by atoms with Crippen LogP contribution in [0, 0.1) is 0 Å². The van der Waals surface area contributed by atoms with Gasteiger partial charge in [0, 0.05) is 0 Å². The predicted octanol–water partition coefficient (Wildman–Crippen LogP) is 7.48. The molecule has 0 aliphatic heterocycles. The molecule has 4 rings (SSSR count). The molecule has 2 aliphatic carbocycles. The van der Waals surface area contributed by atoms with Crippen molar-refractivity contribution in [3.8, 4) is 11.5 Å². The first-order valence-corrected chi connectivity index (χ1v) is 15.2. The van der Waals surface area contributed by atoms with E-state index in [4.69, 9.17) is 5.63 Å². The second-order valence-electron chi connectivity index (χ2n) is 6.43. The van der Waals surface area contributed by atoms with Crippen molar-refractivity contribution in [2.75, 3.05) is 0 Å². The van der Waals surface area contributed by atoms with Gasteiger partial charge in [-0.15, -0.1) is 0 Å². The Hall–Kier alpha value is -1.16. The minimum absolute atomic E-state index is 0.176. The summed E-state index contributed by atoms with van der Waals surface area (Å²) in [5.74, 6) is 1.69. The minimum atomic E-state index is -3.82. The monoisotopic (exact) mass is 562 g/mol. The maximum atomic E-state index is 6.83. The summed E-state index contributed by atoms with van der Waals surface area (Å²) in [7, 11) is 0. The van der Waals surface area contributed by atoms with Crippen LogP contribution >= 0.6 is 31.9 Å². The van der Waals surface area contributed by atoms with Crippen molar-refractivity contribution in [2.24, 2.45) is 0 Å². The van der Waals surface area contributed by atoms with Gasteiger partial charge in [-0.05, 0) is 0 Å². The van der Waals surface area contributed by atoms with Crippen LogP contribution in [0.25, 0.3) is 0 Å². The van der Waals surface area contributed by atoms with Crippen LogP contribution in [0.1, 0.15) is 0 Å². The number of hydrogen-bond donors (Lipinski definition) is 0. The van der Waals surface area contributed by atoms with E-state index in [0.717, 1.165) is 20.4 Å². The van der Waals surface area contributed by atoms with Crippen molar-refractivity contribution in [3.05, 3.63) is 106 Å². The van der Waals surface area contributed by atoms with E-state index in [9.17, 15) is 0 Å². The summed E-state index contributed by atoms with van der Waals surface area (Å²) in [6, 6.07) is 16.0. The van der Waals surface area contributed by atoms with Crippen molar-refractivity contribution >= 4 is 31.9 Å². The molecule has 2 aromatic carbocycles. The van der Waals surface area contributed by atoms with Crippen LogP contribution in [0.4, 0.5) is 0 Å². The van der Waals surface area contributed by atoms with Gasteiger partial charge in [0.1, 0.15) is 0 Å². The molecule has 5 heteroatoms. The molecule has 0 amide bonds. The van der Waals surface area contributed by atoms with Gasteiger partial charge >= 0.3 is 183 Å². The van der Waals surface area contributed by atoms with Gasteiger partial charge in [-0.2, -0.15) is 0 Å². The zero-order valence-corrected chi connectivity index (χ0v) is 20.1. The van der Waals surface area contributed by atoms with E-state index < -0.39 is 21.1 Å². The molecule has 0 unspecified atom stereocenters. The maximum absolute atomic E-state index is 6.83. The van der Waals surface area contributed by atoms with E-state index >= 15 is 0 Å². The summed E-state index contributed by atoms with van der Waals surface area (Å²) in [5.41, 5.74) is 0. The molecule has 2 nitrogen and oxygen atoms in total. The Kier molecular flexibility index (Phi) is 6.01. The van der Waals surface area contributed by atoms with Gasteiger partial charge in [0.25, 0.3) is 0 Å². The van der Waals surface area contributed by atoms with Crippen molar-refractivity contribution in [2.45, 2.75) is 7.25 Å². The first-order valence-electron chi connectivity index (χ1n) is 8.75. The van der Waals surface area contributed by atoms with E-state index in [1.165, 1.54) is 0 Å². The Morgan fingerprint density at radius 1 is 0.630 bits per heavy atom. The molecule has 0 heterocycles. The molecule has 2 aliphatic rings. The third kappa shape index (κ3) is 4.31. The summed E-state index contributed by atoms with van der Waals surface area (Å²) in [5, 5.41) is 0. The second kappa shape index (κ2) is 8.47. The Balaban J connectivity index is 1.80. The molecule has 0 spiro atoms. The predicted molar refractivity (Wildman–Crippen MR) is 114 cm³/mol. The Labute approximate surface area is 182 Å². The Morgan fingerprint density at radius 3 is 1.41 bits per heavy atom. The van der Waals surface area contributed by atoms with Gasteiger partial charge < -0.3 is 0 Å². The number of benzene rings is 2. The van der Waals surface area contributed by atoms with Crippen molar-refractivity contribution in [1.29, 1.82) is 0 Å². The van der Waals surface area contributed by atoms with E-state index in [-0.39, 0.29) is 7.25 Å². The summed E-state index contributed by atoms with van der Waals surface area (Å²) < 4.78 is 16.0. The number of halogens is 2. The van der Waals surface area contributed by atoms with Crippen molar-refractivity contribution < 1.29 is 26.8 Å². The van der Waals surface area contributed by atoms with Gasteiger partial charge in [0.05, 0.1) is 0 Å². The van der Waals surface area contributed by atoms with Gasteiger partial charge in [-0.3, -0.25) is 0 Å². The quantitative estimate of drug-likeness (QED) is 0.362. The number of allylic oxidation sites excluding steroid dienone is 8. The summed E-state index contributed by atoms with van der Waals surface area (Å²) in [6.07, 6.45) is 17.2. The van der Waals surface area contributed by atoms with E-state index in [2.05, 4.69) is 80.5 Å². The van der Waals surface area contributed by atoms with Gasteiger partial charge in [0.15, 0.2) is 0 Å². The molecule has 0 radical (unpaired) electrons. The zero-order valence-electron chi connectivity index (χ0n) is 14.5. The molecular weight excluding hydrogens is 547 g/mol. The van der Waals surface area contributed by atoms with Crippen molar-refractivity contribution in [3.63, 3.8) is 0 Å². The fourth-order valence-electron chi connectivity index (χ4n) is 3.34. The molecular formula is C22H18Br2O2Zr. The number of rotatable bonds is 6. The summed E-state index contributed by atoms with van der Waals surface area (Å²) >= 11 is 3.28. The fraction of sp³-hybridized carbons (Fsp3) is 0.0909.